The van der Waals surface area contributed by atoms with Crippen molar-refractivity contribution in [3.8, 4) is 6.07 Å². The molecule has 2 rings (SSSR count). The van der Waals surface area contributed by atoms with Crippen molar-refractivity contribution >= 4 is 17.0 Å². The monoisotopic (exact) mass is 247 g/mol. The van der Waals surface area contributed by atoms with Gasteiger partial charge in [-0.15, -0.1) is 11.3 Å². The second-order valence-corrected chi connectivity index (χ2v) is 4.38. The van der Waals surface area contributed by atoms with E-state index in [0.29, 0.717) is 17.8 Å². The number of nitrogens with one attached hydrogen (secondary N) is 1. The van der Waals surface area contributed by atoms with E-state index in [2.05, 4.69) is 10.3 Å². The maximum Gasteiger partial charge on any atom is 0.124 e. The number of rotatable bonds is 4. The van der Waals surface area contributed by atoms with Gasteiger partial charge in [0.05, 0.1) is 16.3 Å². The topological polar surface area (TPSA) is 48.7 Å². The summed E-state index contributed by atoms with van der Waals surface area (Å²) < 4.78 is 12.9. The lowest BCUT2D eigenvalue weighted by Gasteiger charge is -2.06. The quantitative estimate of drug-likeness (QED) is 0.903. The fourth-order valence-corrected chi connectivity index (χ4v) is 2.06. The smallest absolute Gasteiger partial charge is 0.124 e. The molecule has 3 nitrogen and oxygen atoms in total. The third-order valence-corrected chi connectivity index (χ3v) is 3.08. The molecule has 0 saturated heterocycles. The molecule has 0 aliphatic heterocycles. The third kappa shape index (κ3) is 3.02. The van der Waals surface area contributed by atoms with Gasteiger partial charge in [0.2, 0.25) is 0 Å². The first kappa shape index (κ1) is 11.6. The van der Waals surface area contributed by atoms with E-state index in [1.165, 1.54) is 12.1 Å². The maximum atomic E-state index is 12.9. The summed E-state index contributed by atoms with van der Waals surface area (Å²) in [6.07, 6.45) is 2.55. The van der Waals surface area contributed by atoms with E-state index < -0.39 is 5.82 Å². The minimum Gasteiger partial charge on any atom is -0.384 e. The summed E-state index contributed by atoms with van der Waals surface area (Å²) in [6.45, 7) is 0.674. The summed E-state index contributed by atoms with van der Waals surface area (Å²) in [4.78, 5) is 4.16. The highest BCUT2D eigenvalue weighted by Gasteiger charge is 2.03. The van der Waals surface area contributed by atoms with Crippen LogP contribution in [0.25, 0.3) is 0 Å². The molecule has 1 aromatic heterocycles. The normalized spacial score (nSPS) is 9.88. The van der Waals surface area contributed by atoms with Crippen LogP contribution in [0.1, 0.15) is 10.6 Å². The number of nitrogens with zero attached hydrogens (tertiary/aromatic N) is 2. The highest BCUT2D eigenvalue weighted by Crippen LogP contribution is 2.16. The zero-order valence-electron chi connectivity index (χ0n) is 8.98. The van der Waals surface area contributed by atoms with Gasteiger partial charge in [-0.05, 0) is 18.2 Å². The molecule has 0 amide bonds. The molecule has 0 aliphatic rings. The van der Waals surface area contributed by atoms with E-state index in [9.17, 15) is 4.39 Å². The number of halogens is 1. The van der Waals surface area contributed by atoms with Gasteiger partial charge in [-0.1, -0.05) is 0 Å². The predicted molar refractivity (Wildman–Crippen MR) is 65.4 cm³/mol. The fourth-order valence-electron chi connectivity index (χ4n) is 1.44. The fraction of sp³-hybridized carbons (Fsp3) is 0.167. The minimum absolute atomic E-state index is 0.323. The van der Waals surface area contributed by atoms with Gasteiger partial charge in [0.1, 0.15) is 11.9 Å². The number of nitriles is 1. The summed E-state index contributed by atoms with van der Waals surface area (Å²) in [5, 5.41) is 14.9. The van der Waals surface area contributed by atoms with Crippen LogP contribution in [-0.4, -0.2) is 11.5 Å². The van der Waals surface area contributed by atoms with Crippen LogP contribution in [0.4, 0.5) is 10.1 Å². The summed E-state index contributed by atoms with van der Waals surface area (Å²) in [5.41, 5.74) is 0.981. The first-order chi connectivity index (χ1) is 8.29. The van der Waals surface area contributed by atoms with Crippen molar-refractivity contribution < 1.29 is 4.39 Å². The van der Waals surface area contributed by atoms with Gasteiger partial charge >= 0.3 is 0 Å². The van der Waals surface area contributed by atoms with Crippen molar-refractivity contribution in [1.29, 1.82) is 5.26 Å². The van der Waals surface area contributed by atoms with E-state index in [4.69, 9.17) is 5.26 Å². The molecular formula is C12H10FN3S. The number of aromatic nitrogens is 1. The molecule has 0 aliphatic carbocycles. The van der Waals surface area contributed by atoms with Gasteiger partial charge in [0.25, 0.3) is 0 Å². The van der Waals surface area contributed by atoms with Crippen LogP contribution < -0.4 is 5.32 Å². The van der Waals surface area contributed by atoms with Gasteiger partial charge in [-0.25, -0.2) is 9.37 Å². The van der Waals surface area contributed by atoms with Crippen molar-refractivity contribution in [2.45, 2.75) is 6.42 Å². The predicted octanol–water partition coefficient (Wildman–Crippen LogP) is 2.81. The molecule has 5 heteroatoms. The maximum absolute atomic E-state index is 12.9. The first-order valence-corrected chi connectivity index (χ1v) is 5.99. The van der Waals surface area contributed by atoms with E-state index in [0.717, 1.165) is 11.4 Å². The molecule has 17 heavy (non-hydrogen) atoms. The molecule has 0 radical (unpaired) electrons. The Morgan fingerprint density at radius 2 is 2.35 bits per heavy atom. The Kier molecular flexibility index (Phi) is 3.68. The Morgan fingerprint density at radius 3 is 3.06 bits per heavy atom. The first-order valence-electron chi connectivity index (χ1n) is 5.11. The average Bonchev–Trinajstić information content (AvgIpc) is 2.84. The van der Waals surface area contributed by atoms with E-state index in [1.807, 2.05) is 11.4 Å². The van der Waals surface area contributed by atoms with E-state index in [-0.39, 0.29) is 0 Å². The van der Waals surface area contributed by atoms with Crippen LogP contribution in [-0.2, 0) is 6.42 Å². The molecule has 0 spiro atoms. The molecule has 2 aromatic rings. The zero-order chi connectivity index (χ0) is 12.1. The number of hydrogen-bond donors (Lipinski definition) is 1. The lowest BCUT2D eigenvalue weighted by molar-refractivity contribution is 0.627. The molecule has 0 unspecified atom stereocenters. The highest BCUT2D eigenvalue weighted by molar-refractivity contribution is 7.09. The van der Waals surface area contributed by atoms with Crippen molar-refractivity contribution in [3.05, 3.63) is 46.2 Å². The van der Waals surface area contributed by atoms with Gasteiger partial charge in [-0.2, -0.15) is 5.26 Å². The molecule has 0 atom stereocenters. The number of benzene rings is 1. The van der Waals surface area contributed by atoms with Crippen molar-refractivity contribution in [1.82, 2.24) is 4.98 Å². The van der Waals surface area contributed by atoms with Crippen molar-refractivity contribution in [3.63, 3.8) is 0 Å². The summed E-state index contributed by atoms with van der Waals surface area (Å²) in [5.74, 6) is -0.396. The van der Waals surface area contributed by atoms with Gasteiger partial charge < -0.3 is 5.32 Å². The molecule has 1 heterocycles. The second kappa shape index (κ2) is 5.41. The highest BCUT2D eigenvalue weighted by atomic mass is 32.1. The van der Waals surface area contributed by atoms with Crippen LogP contribution in [0, 0.1) is 17.1 Å². The Bertz CT molecular complexity index is 531. The van der Waals surface area contributed by atoms with Crippen LogP contribution in [0.15, 0.2) is 29.8 Å². The van der Waals surface area contributed by atoms with Gasteiger partial charge in [0.15, 0.2) is 0 Å². The Balaban J connectivity index is 1.97. The van der Waals surface area contributed by atoms with Crippen LogP contribution in [0.2, 0.25) is 0 Å². The second-order valence-electron chi connectivity index (χ2n) is 3.40. The number of thiazole rings is 1. The van der Waals surface area contributed by atoms with Gasteiger partial charge in [0, 0.05) is 24.5 Å². The zero-order valence-corrected chi connectivity index (χ0v) is 9.80. The van der Waals surface area contributed by atoms with Crippen LogP contribution in [0.5, 0.6) is 0 Å². The number of anilines is 1. The van der Waals surface area contributed by atoms with Crippen LogP contribution in [0.3, 0.4) is 0 Å². The standard InChI is InChI=1S/C12H10FN3S/c13-10-1-2-11(9(7-10)8-14)15-4-3-12-16-5-6-17-12/h1-2,5-7,15H,3-4H2. The molecule has 1 N–H and O–H groups in total. The molecule has 0 bridgehead atoms. The molecule has 1 aromatic carbocycles. The van der Waals surface area contributed by atoms with E-state index in [1.54, 1.807) is 23.6 Å². The van der Waals surface area contributed by atoms with Crippen molar-refractivity contribution in [2.75, 3.05) is 11.9 Å². The SMILES string of the molecule is N#Cc1cc(F)ccc1NCCc1nccs1. The summed E-state index contributed by atoms with van der Waals surface area (Å²) in [6, 6.07) is 6.11. The third-order valence-electron chi connectivity index (χ3n) is 2.24. The lowest BCUT2D eigenvalue weighted by Crippen LogP contribution is -2.06. The Morgan fingerprint density at radius 1 is 1.47 bits per heavy atom. The largest absolute Gasteiger partial charge is 0.384 e. The Labute approximate surface area is 103 Å². The molecule has 0 fully saturated rings. The van der Waals surface area contributed by atoms with Crippen molar-refractivity contribution in [2.24, 2.45) is 0 Å². The van der Waals surface area contributed by atoms with Crippen LogP contribution >= 0.6 is 11.3 Å². The summed E-state index contributed by atoms with van der Waals surface area (Å²) >= 11 is 1.59. The summed E-state index contributed by atoms with van der Waals surface area (Å²) in [7, 11) is 0. The van der Waals surface area contributed by atoms with Gasteiger partial charge in [-0.3, -0.25) is 0 Å². The lowest BCUT2D eigenvalue weighted by atomic mass is 10.2. The minimum atomic E-state index is -0.396. The molecule has 86 valence electrons. The number of hydrogen-bond acceptors (Lipinski definition) is 4. The average molecular weight is 247 g/mol. The Hall–Kier alpha value is -1.93. The molecule has 0 saturated carbocycles. The molecular weight excluding hydrogens is 237 g/mol. The van der Waals surface area contributed by atoms with E-state index >= 15 is 0 Å².